The van der Waals surface area contributed by atoms with E-state index in [-0.39, 0.29) is 5.91 Å². The average molecular weight is 404 g/mol. The first-order chi connectivity index (χ1) is 14.5. The van der Waals surface area contributed by atoms with Gasteiger partial charge in [-0.25, -0.2) is 4.99 Å². The molecule has 1 amide bonds. The van der Waals surface area contributed by atoms with Gasteiger partial charge in [0.2, 0.25) is 5.96 Å². The zero-order valence-electron chi connectivity index (χ0n) is 18.1. The molecule has 0 saturated carbocycles. The number of aliphatic imine (C=N–C) groups is 1. The highest BCUT2D eigenvalue weighted by Gasteiger charge is 2.11. The number of hydrogen-bond donors (Lipinski definition) is 2. The fourth-order valence-electron chi connectivity index (χ4n) is 3.12. The lowest BCUT2D eigenvalue weighted by molar-refractivity contribution is 0.0977. The molecular weight excluding hydrogens is 374 g/mol. The first kappa shape index (κ1) is 21.3. The maximum atomic E-state index is 12.7. The summed E-state index contributed by atoms with van der Waals surface area (Å²) in [5.74, 6) is 0.214. The quantitative estimate of drug-likeness (QED) is 0.466. The number of carbonyl (C=O) groups excluding carboxylic acids is 1. The van der Waals surface area contributed by atoms with Crippen LogP contribution in [-0.2, 0) is 13.1 Å². The molecule has 2 aromatic carbocycles. The zero-order chi connectivity index (χ0) is 21.5. The van der Waals surface area contributed by atoms with E-state index in [0.717, 1.165) is 35.5 Å². The SMILES string of the molecule is CCCn1cc(CN=C(NC(=O)c2ccccc2)Nc2cccc(C)c2C)c(C)n1. The van der Waals surface area contributed by atoms with Gasteiger partial charge in [-0.05, 0) is 56.5 Å². The summed E-state index contributed by atoms with van der Waals surface area (Å²) in [5, 5.41) is 10.8. The fourth-order valence-corrected chi connectivity index (χ4v) is 3.12. The van der Waals surface area contributed by atoms with Crippen molar-refractivity contribution >= 4 is 17.6 Å². The van der Waals surface area contributed by atoms with E-state index >= 15 is 0 Å². The molecule has 0 aliphatic rings. The molecule has 0 fully saturated rings. The molecule has 0 saturated heterocycles. The molecule has 3 aromatic rings. The van der Waals surface area contributed by atoms with E-state index < -0.39 is 0 Å². The van der Waals surface area contributed by atoms with E-state index in [0.29, 0.717) is 18.1 Å². The number of nitrogens with one attached hydrogen (secondary N) is 2. The van der Waals surface area contributed by atoms with Gasteiger partial charge in [0, 0.05) is 29.6 Å². The molecule has 2 N–H and O–H groups in total. The third-order valence-electron chi connectivity index (χ3n) is 5.03. The second-order valence-electron chi connectivity index (χ2n) is 7.36. The molecule has 0 bridgehead atoms. The number of guanidine groups is 1. The second-order valence-corrected chi connectivity index (χ2v) is 7.36. The lowest BCUT2D eigenvalue weighted by atomic mass is 10.1. The van der Waals surface area contributed by atoms with Crippen LogP contribution in [0.15, 0.2) is 59.7 Å². The van der Waals surface area contributed by atoms with E-state index in [1.807, 2.05) is 55.1 Å². The molecule has 0 atom stereocenters. The first-order valence-corrected chi connectivity index (χ1v) is 10.2. The largest absolute Gasteiger partial charge is 0.326 e. The molecule has 1 aromatic heterocycles. The minimum Gasteiger partial charge on any atom is -0.326 e. The minimum absolute atomic E-state index is 0.203. The summed E-state index contributed by atoms with van der Waals surface area (Å²) in [6.07, 6.45) is 3.05. The van der Waals surface area contributed by atoms with Crippen LogP contribution in [0.3, 0.4) is 0 Å². The minimum atomic E-state index is -0.203. The lowest BCUT2D eigenvalue weighted by Crippen LogP contribution is -2.36. The Labute approximate surface area is 178 Å². The number of benzene rings is 2. The van der Waals surface area contributed by atoms with Gasteiger partial charge >= 0.3 is 0 Å². The predicted molar refractivity (Wildman–Crippen MR) is 122 cm³/mol. The normalized spacial score (nSPS) is 11.4. The molecule has 6 heteroatoms. The van der Waals surface area contributed by atoms with E-state index in [1.165, 1.54) is 5.56 Å². The van der Waals surface area contributed by atoms with Gasteiger partial charge in [0.15, 0.2) is 0 Å². The smallest absolute Gasteiger partial charge is 0.257 e. The molecular formula is C24H29N5O. The average Bonchev–Trinajstić information content (AvgIpc) is 3.09. The highest BCUT2D eigenvalue weighted by atomic mass is 16.1. The number of carbonyl (C=O) groups is 1. The van der Waals surface area contributed by atoms with E-state index in [9.17, 15) is 4.79 Å². The van der Waals surface area contributed by atoms with Crippen LogP contribution in [0.2, 0.25) is 0 Å². The van der Waals surface area contributed by atoms with Gasteiger partial charge < -0.3 is 5.32 Å². The van der Waals surface area contributed by atoms with Gasteiger partial charge in [0.25, 0.3) is 5.91 Å². The Morgan fingerprint density at radius 2 is 1.83 bits per heavy atom. The molecule has 0 aliphatic carbocycles. The van der Waals surface area contributed by atoms with Gasteiger partial charge in [-0.3, -0.25) is 14.8 Å². The van der Waals surface area contributed by atoms with E-state index in [4.69, 9.17) is 0 Å². The summed E-state index contributed by atoms with van der Waals surface area (Å²) >= 11 is 0. The number of amides is 1. The van der Waals surface area contributed by atoms with Crippen molar-refractivity contribution in [2.45, 2.75) is 47.2 Å². The van der Waals surface area contributed by atoms with Gasteiger partial charge in [-0.2, -0.15) is 5.10 Å². The van der Waals surface area contributed by atoms with Gasteiger partial charge in [0.1, 0.15) is 0 Å². The van der Waals surface area contributed by atoms with Crippen molar-refractivity contribution in [1.82, 2.24) is 15.1 Å². The number of anilines is 1. The van der Waals surface area contributed by atoms with Crippen LogP contribution in [0.5, 0.6) is 0 Å². The Balaban J connectivity index is 1.85. The highest BCUT2D eigenvalue weighted by Crippen LogP contribution is 2.18. The molecule has 156 valence electrons. The van der Waals surface area contributed by atoms with Crippen LogP contribution in [-0.4, -0.2) is 21.6 Å². The Kier molecular flexibility index (Phi) is 7.01. The zero-order valence-corrected chi connectivity index (χ0v) is 18.1. The summed E-state index contributed by atoms with van der Waals surface area (Å²) < 4.78 is 1.94. The summed E-state index contributed by atoms with van der Waals surface area (Å²) in [5.41, 5.74) is 5.78. The molecule has 30 heavy (non-hydrogen) atoms. The van der Waals surface area contributed by atoms with Crippen molar-refractivity contribution < 1.29 is 4.79 Å². The Morgan fingerprint density at radius 3 is 2.57 bits per heavy atom. The van der Waals surface area contributed by atoms with Crippen molar-refractivity contribution in [2.75, 3.05) is 5.32 Å². The maximum absolute atomic E-state index is 12.7. The van der Waals surface area contributed by atoms with Gasteiger partial charge in [0.05, 0.1) is 12.2 Å². The number of hydrogen-bond acceptors (Lipinski definition) is 3. The van der Waals surface area contributed by atoms with Crippen LogP contribution in [0.4, 0.5) is 5.69 Å². The van der Waals surface area contributed by atoms with Gasteiger partial charge in [-0.1, -0.05) is 37.3 Å². The van der Waals surface area contributed by atoms with Crippen LogP contribution in [0.1, 0.15) is 46.1 Å². The molecule has 0 spiro atoms. The molecule has 1 heterocycles. The number of nitrogens with zero attached hydrogens (tertiary/aromatic N) is 3. The molecule has 0 unspecified atom stereocenters. The third kappa shape index (κ3) is 5.35. The predicted octanol–water partition coefficient (Wildman–Crippen LogP) is 4.62. The summed E-state index contributed by atoms with van der Waals surface area (Å²) in [6, 6.07) is 15.2. The molecule has 3 rings (SSSR count). The number of aromatic nitrogens is 2. The first-order valence-electron chi connectivity index (χ1n) is 10.2. The monoisotopic (exact) mass is 403 g/mol. The number of aryl methyl sites for hydroxylation is 3. The molecule has 0 aliphatic heterocycles. The fraction of sp³-hybridized carbons (Fsp3) is 0.292. The summed E-state index contributed by atoms with van der Waals surface area (Å²) in [6.45, 7) is 9.52. The number of rotatable bonds is 6. The van der Waals surface area contributed by atoms with Crippen molar-refractivity contribution in [3.05, 3.63) is 82.7 Å². The van der Waals surface area contributed by atoms with Crippen molar-refractivity contribution in [1.29, 1.82) is 0 Å². The van der Waals surface area contributed by atoms with Crippen molar-refractivity contribution in [3.8, 4) is 0 Å². The Morgan fingerprint density at radius 1 is 1.07 bits per heavy atom. The van der Waals surface area contributed by atoms with Crippen LogP contribution in [0.25, 0.3) is 0 Å². The highest BCUT2D eigenvalue weighted by molar-refractivity contribution is 6.10. The summed E-state index contributed by atoms with van der Waals surface area (Å²) in [4.78, 5) is 17.4. The van der Waals surface area contributed by atoms with Crippen molar-refractivity contribution in [3.63, 3.8) is 0 Å². The Bertz CT molecular complexity index is 1040. The van der Waals surface area contributed by atoms with Crippen LogP contribution >= 0.6 is 0 Å². The van der Waals surface area contributed by atoms with E-state index in [1.54, 1.807) is 12.1 Å². The van der Waals surface area contributed by atoms with E-state index in [2.05, 4.69) is 40.6 Å². The molecule has 0 radical (unpaired) electrons. The Hall–Kier alpha value is -3.41. The van der Waals surface area contributed by atoms with Crippen LogP contribution < -0.4 is 10.6 Å². The summed E-state index contributed by atoms with van der Waals surface area (Å²) in [7, 11) is 0. The second kappa shape index (κ2) is 9.87. The third-order valence-corrected chi connectivity index (χ3v) is 5.03. The van der Waals surface area contributed by atoms with Crippen LogP contribution in [0, 0.1) is 20.8 Å². The maximum Gasteiger partial charge on any atom is 0.257 e. The topological polar surface area (TPSA) is 71.3 Å². The van der Waals surface area contributed by atoms with Crippen molar-refractivity contribution in [2.24, 2.45) is 4.99 Å². The van der Waals surface area contributed by atoms with Gasteiger partial charge in [-0.15, -0.1) is 0 Å². The lowest BCUT2D eigenvalue weighted by Gasteiger charge is -2.15. The standard InChI is InChI=1S/C24H29N5O/c1-5-14-29-16-21(19(4)28-29)15-25-24(26-22-13-9-10-17(2)18(22)3)27-23(30)20-11-7-6-8-12-20/h6-13,16H,5,14-15H2,1-4H3,(H2,25,26,27,30). The molecule has 6 nitrogen and oxygen atoms in total.